The number of hydrogen-bond donors (Lipinski definition) is 5. The molecule has 0 aliphatic carbocycles. The molecule has 0 fully saturated rings. The number of carbonyl (C=O) groups excluding carboxylic acids is 1. The Morgan fingerprint density at radius 3 is 2.70 bits per heavy atom. The maximum absolute atomic E-state index is 12.5. The Morgan fingerprint density at radius 2 is 1.93 bits per heavy atom. The largest absolute Gasteiger partial charge is 0.352 e. The molecule has 160 valence electrons. The third kappa shape index (κ3) is 5.11. The normalized spacial score (nSPS) is 10.6. The standard InChI is InChI=1S/C18H17ClN6O2S.2ClH/c19-10-2-3-11-12(8-10)24-18(23-11)28-14-7-9(16(26)21-5-1-4-20)6-13-15(14)25-17(27)22-13;;/h2-3,6-8H,1,4-5,20H2,(H,21,26)(H,23,24)(H2,22,25,27);2*1H. The molecule has 8 nitrogen and oxygen atoms in total. The first-order valence-electron chi connectivity index (χ1n) is 8.61. The zero-order valence-corrected chi connectivity index (χ0v) is 18.7. The summed E-state index contributed by atoms with van der Waals surface area (Å²) in [7, 11) is 0. The summed E-state index contributed by atoms with van der Waals surface area (Å²) in [6, 6.07) is 8.77. The Labute approximate surface area is 192 Å². The van der Waals surface area contributed by atoms with Crippen molar-refractivity contribution < 1.29 is 4.79 Å². The van der Waals surface area contributed by atoms with Crippen LogP contribution in [-0.2, 0) is 0 Å². The fourth-order valence-corrected chi connectivity index (χ4v) is 3.97. The van der Waals surface area contributed by atoms with E-state index in [1.165, 1.54) is 11.8 Å². The number of nitrogens with zero attached hydrogens (tertiary/aromatic N) is 1. The van der Waals surface area contributed by atoms with E-state index in [0.717, 1.165) is 11.0 Å². The number of aromatic amines is 3. The lowest BCUT2D eigenvalue weighted by Crippen LogP contribution is -2.25. The predicted octanol–water partition coefficient (Wildman–Crippen LogP) is 3.46. The van der Waals surface area contributed by atoms with E-state index in [4.69, 9.17) is 17.3 Å². The lowest BCUT2D eigenvalue weighted by Gasteiger charge is -2.07. The average Bonchev–Trinajstić information content (AvgIpc) is 3.23. The SMILES string of the molecule is Cl.Cl.NCCCNC(=O)c1cc(Sc2nc3ccc(Cl)cc3[nH]2)c2[nH]c(=O)[nH]c2c1. The highest BCUT2D eigenvalue weighted by molar-refractivity contribution is 7.99. The lowest BCUT2D eigenvalue weighted by atomic mass is 10.2. The molecule has 0 bridgehead atoms. The number of H-pyrrole nitrogens is 3. The van der Waals surface area contributed by atoms with Gasteiger partial charge in [-0.2, -0.15) is 0 Å². The van der Waals surface area contributed by atoms with Crippen molar-refractivity contribution >= 4 is 76.2 Å². The second-order valence-corrected chi connectivity index (χ2v) is 7.65. The molecule has 0 spiro atoms. The van der Waals surface area contributed by atoms with Gasteiger partial charge in [-0.3, -0.25) is 4.79 Å². The van der Waals surface area contributed by atoms with Crippen LogP contribution >= 0.6 is 48.2 Å². The van der Waals surface area contributed by atoms with Gasteiger partial charge in [0.1, 0.15) is 0 Å². The van der Waals surface area contributed by atoms with Gasteiger partial charge in [0.2, 0.25) is 0 Å². The zero-order chi connectivity index (χ0) is 19.7. The van der Waals surface area contributed by atoms with Crippen LogP contribution in [0.25, 0.3) is 22.1 Å². The minimum absolute atomic E-state index is 0. The van der Waals surface area contributed by atoms with E-state index in [1.807, 2.05) is 6.07 Å². The number of carbonyl (C=O) groups is 1. The maximum Gasteiger partial charge on any atom is 0.323 e. The monoisotopic (exact) mass is 488 g/mol. The van der Waals surface area contributed by atoms with Crippen LogP contribution in [0.4, 0.5) is 0 Å². The molecule has 0 atom stereocenters. The number of rotatable bonds is 6. The van der Waals surface area contributed by atoms with Crippen LogP contribution in [0.1, 0.15) is 16.8 Å². The third-order valence-corrected chi connectivity index (χ3v) is 5.31. The van der Waals surface area contributed by atoms with Gasteiger partial charge in [-0.05, 0) is 55.1 Å². The molecule has 0 saturated carbocycles. The van der Waals surface area contributed by atoms with Gasteiger partial charge in [0.25, 0.3) is 5.91 Å². The molecule has 0 saturated heterocycles. The van der Waals surface area contributed by atoms with Crippen LogP contribution in [0.5, 0.6) is 0 Å². The molecular formula is C18H19Cl3N6O2S. The molecule has 12 heteroatoms. The highest BCUT2D eigenvalue weighted by Gasteiger charge is 2.15. The van der Waals surface area contributed by atoms with Crippen LogP contribution in [-0.4, -0.2) is 38.9 Å². The Bertz CT molecular complexity index is 1240. The van der Waals surface area contributed by atoms with Gasteiger partial charge < -0.3 is 26.0 Å². The molecule has 6 N–H and O–H groups in total. The molecule has 1 amide bonds. The van der Waals surface area contributed by atoms with Crippen molar-refractivity contribution in [3.05, 3.63) is 51.4 Å². The third-order valence-electron chi connectivity index (χ3n) is 4.15. The first kappa shape index (κ1) is 24.1. The molecule has 0 radical (unpaired) electrons. The maximum atomic E-state index is 12.5. The van der Waals surface area contributed by atoms with Gasteiger partial charge >= 0.3 is 5.69 Å². The van der Waals surface area contributed by atoms with E-state index in [1.54, 1.807) is 24.3 Å². The molecule has 4 aromatic rings. The summed E-state index contributed by atoms with van der Waals surface area (Å²) in [5.74, 6) is -0.226. The van der Waals surface area contributed by atoms with Gasteiger partial charge in [0, 0.05) is 22.0 Å². The Morgan fingerprint density at radius 1 is 1.13 bits per heavy atom. The van der Waals surface area contributed by atoms with Crippen molar-refractivity contribution in [3.63, 3.8) is 0 Å². The van der Waals surface area contributed by atoms with Gasteiger partial charge in [-0.25, -0.2) is 9.78 Å². The summed E-state index contributed by atoms with van der Waals surface area (Å²) < 4.78 is 0. The second-order valence-electron chi connectivity index (χ2n) is 6.18. The molecule has 0 unspecified atom stereocenters. The fraction of sp³-hybridized carbons (Fsp3) is 0.167. The predicted molar refractivity (Wildman–Crippen MR) is 125 cm³/mol. The smallest absolute Gasteiger partial charge is 0.323 e. The number of aromatic nitrogens is 4. The van der Waals surface area contributed by atoms with Crippen molar-refractivity contribution in [1.82, 2.24) is 25.3 Å². The summed E-state index contributed by atoms with van der Waals surface area (Å²) in [6.07, 6.45) is 0.693. The first-order valence-corrected chi connectivity index (χ1v) is 9.80. The van der Waals surface area contributed by atoms with Gasteiger partial charge in [0.15, 0.2) is 5.16 Å². The highest BCUT2D eigenvalue weighted by atomic mass is 35.5. The van der Waals surface area contributed by atoms with Crippen LogP contribution < -0.4 is 16.7 Å². The number of hydrogen-bond acceptors (Lipinski definition) is 5. The quantitative estimate of drug-likeness (QED) is 0.265. The van der Waals surface area contributed by atoms with Crippen molar-refractivity contribution in [2.45, 2.75) is 16.5 Å². The summed E-state index contributed by atoms with van der Waals surface area (Å²) in [6.45, 7) is 0.992. The average molecular weight is 490 g/mol. The van der Waals surface area contributed by atoms with E-state index in [2.05, 4.69) is 25.3 Å². The lowest BCUT2D eigenvalue weighted by molar-refractivity contribution is 0.0953. The summed E-state index contributed by atoms with van der Waals surface area (Å²) in [4.78, 5) is 38.1. The number of nitrogens with one attached hydrogen (secondary N) is 4. The number of benzene rings is 2. The van der Waals surface area contributed by atoms with Crippen LogP contribution in [0.15, 0.2) is 45.2 Å². The molecule has 2 heterocycles. The highest BCUT2D eigenvalue weighted by Crippen LogP contribution is 2.33. The molecule has 2 aromatic heterocycles. The van der Waals surface area contributed by atoms with E-state index in [0.29, 0.717) is 51.2 Å². The van der Waals surface area contributed by atoms with Crippen LogP contribution in [0, 0.1) is 0 Å². The summed E-state index contributed by atoms with van der Waals surface area (Å²) in [5.41, 5.74) is 8.33. The van der Waals surface area contributed by atoms with E-state index in [9.17, 15) is 9.59 Å². The molecule has 0 aliphatic heterocycles. The van der Waals surface area contributed by atoms with Gasteiger partial charge in [-0.15, -0.1) is 24.8 Å². The Hall–Kier alpha value is -2.17. The molecule has 4 rings (SSSR count). The molecule has 2 aromatic carbocycles. The number of imidazole rings is 2. The van der Waals surface area contributed by atoms with Gasteiger partial charge in [-0.1, -0.05) is 11.6 Å². The number of nitrogens with two attached hydrogens (primary N) is 1. The molecule has 30 heavy (non-hydrogen) atoms. The summed E-state index contributed by atoms with van der Waals surface area (Å²) >= 11 is 7.35. The van der Waals surface area contributed by atoms with E-state index < -0.39 is 0 Å². The fourth-order valence-electron chi connectivity index (χ4n) is 2.84. The Kier molecular flexibility index (Phi) is 8.22. The number of amides is 1. The first-order chi connectivity index (χ1) is 13.5. The van der Waals surface area contributed by atoms with Crippen LogP contribution in [0.2, 0.25) is 5.02 Å². The Balaban J connectivity index is 0.00000160. The van der Waals surface area contributed by atoms with E-state index in [-0.39, 0.29) is 36.4 Å². The minimum atomic E-state index is -0.339. The van der Waals surface area contributed by atoms with Gasteiger partial charge in [0.05, 0.1) is 22.1 Å². The van der Waals surface area contributed by atoms with Crippen molar-refractivity contribution in [1.29, 1.82) is 0 Å². The molecule has 0 aliphatic rings. The number of fused-ring (bicyclic) bond motifs is 2. The zero-order valence-electron chi connectivity index (χ0n) is 15.5. The number of halogens is 3. The summed E-state index contributed by atoms with van der Waals surface area (Å²) in [5, 5.41) is 4.06. The van der Waals surface area contributed by atoms with Crippen molar-refractivity contribution in [3.8, 4) is 0 Å². The minimum Gasteiger partial charge on any atom is -0.352 e. The van der Waals surface area contributed by atoms with Crippen LogP contribution in [0.3, 0.4) is 0 Å². The van der Waals surface area contributed by atoms with Crippen molar-refractivity contribution in [2.75, 3.05) is 13.1 Å². The topological polar surface area (TPSA) is 132 Å². The van der Waals surface area contributed by atoms with E-state index >= 15 is 0 Å². The second kappa shape index (κ2) is 10.2. The molecular weight excluding hydrogens is 471 g/mol. The van der Waals surface area contributed by atoms with Crippen molar-refractivity contribution in [2.24, 2.45) is 5.73 Å².